The van der Waals surface area contributed by atoms with Gasteiger partial charge < -0.3 is 4.90 Å². The molecule has 4 rings (SSSR count). The SMILES string of the molecule is Cc1cc(-c2ccccc2)cc([C@H]2CCCN(C(=O)c3snnc3C)C2)n1. The molecule has 0 radical (unpaired) electrons. The number of hydrogen-bond donors (Lipinski definition) is 0. The molecule has 1 atom stereocenters. The molecular formula is C21H22N4OS. The molecule has 2 aromatic heterocycles. The number of carbonyl (C=O) groups is 1. The molecule has 1 aliphatic heterocycles. The lowest BCUT2D eigenvalue weighted by molar-refractivity contribution is 0.0710. The summed E-state index contributed by atoms with van der Waals surface area (Å²) in [6.45, 7) is 5.35. The Morgan fingerprint density at radius 3 is 2.70 bits per heavy atom. The minimum Gasteiger partial charge on any atom is -0.337 e. The number of nitrogens with zero attached hydrogens (tertiary/aromatic N) is 4. The summed E-state index contributed by atoms with van der Waals surface area (Å²) in [5, 5.41) is 3.98. The highest BCUT2D eigenvalue weighted by molar-refractivity contribution is 7.07. The van der Waals surface area contributed by atoms with E-state index in [9.17, 15) is 4.79 Å². The molecule has 1 aliphatic rings. The van der Waals surface area contributed by atoms with Gasteiger partial charge >= 0.3 is 0 Å². The molecule has 0 saturated carbocycles. The fraction of sp³-hybridized carbons (Fsp3) is 0.333. The average molecular weight is 379 g/mol. The quantitative estimate of drug-likeness (QED) is 0.684. The summed E-state index contributed by atoms with van der Waals surface area (Å²) in [5.74, 6) is 0.300. The number of rotatable bonds is 3. The first-order valence-electron chi connectivity index (χ1n) is 9.24. The zero-order valence-corrected chi connectivity index (χ0v) is 16.4. The van der Waals surface area contributed by atoms with Gasteiger partial charge in [0.15, 0.2) is 0 Å². The molecule has 1 amide bonds. The maximum atomic E-state index is 12.8. The zero-order chi connectivity index (χ0) is 18.8. The predicted octanol–water partition coefficient (Wildman–Crippen LogP) is 4.24. The Morgan fingerprint density at radius 1 is 1.15 bits per heavy atom. The van der Waals surface area contributed by atoms with E-state index in [1.165, 1.54) is 22.7 Å². The van der Waals surface area contributed by atoms with Gasteiger partial charge in [-0.1, -0.05) is 34.8 Å². The first kappa shape index (κ1) is 17.8. The van der Waals surface area contributed by atoms with Crippen LogP contribution in [0.5, 0.6) is 0 Å². The summed E-state index contributed by atoms with van der Waals surface area (Å²) in [7, 11) is 0. The number of hydrogen-bond acceptors (Lipinski definition) is 5. The van der Waals surface area contributed by atoms with Crippen molar-refractivity contribution in [2.45, 2.75) is 32.6 Å². The third kappa shape index (κ3) is 3.76. The Balaban J connectivity index is 1.59. The number of likely N-dealkylation sites (tertiary alicyclic amines) is 1. The minimum atomic E-state index is 0.0446. The van der Waals surface area contributed by atoms with Crippen molar-refractivity contribution in [3.8, 4) is 11.1 Å². The van der Waals surface area contributed by atoms with Crippen LogP contribution in [0.2, 0.25) is 0 Å². The van der Waals surface area contributed by atoms with Crippen LogP contribution in [0.3, 0.4) is 0 Å². The highest BCUT2D eigenvalue weighted by Gasteiger charge is 2.28. The fourth-order valence-corrected chi connectivity index (χ4v) is 4.30. The Labute approximate surface area is 163 Å². The van der Waals surface area contributed by atoms with Crippen LogP contribution in [0.1, 0.15) is 45.5 Å². The van der Waals surface area contributed by atoms with Gasteiger partial charge in [-0.3, -0.25) is 9.78 Å². The molecule has 0 unspecified atom stereocenters. The van der Waals surface area contributed by atoms with Gasteiger partial charge in [0.2, 0.25) is 0 Å². The van der Waals surface area contributed by atoms with Crippen molar-refractivity contribution in [1.82, 2.24) is 19.5 Å². The number of aromatic nitrogens is 3. The smallest absolute Gasteiger partial charge is 0.267 e. The van der Waals surface area contributed by atoms with Gasteiger partial charge in [0.1, 0.15) is 4.88 Å². The molecule has 1 fully saturated rings. The second-order valence-corrected chi connectivity index (χ2v) is 7.82. The van der Waals surface area contributed by atoms with Crippen molar-refractivity contribution in [2.75, 3.05) is 13.1 Å². The molecule has 0 aliphatic carbocycles. The Bertz CT molecular complexity index is 954. The number of carbonyl (C=O) groups excluding carboxylic acids is 1. The number of benzene rings is 1. The normalized spacial score (nSPS) is 17.1. The summed E-state index contributed by atoms with van der Waals surface area (Å²) < 4.78 is 3.90. The Morgan fingerprint density at radius 2 is 1.96 bits per heavy atom. The Hall–Kier alpha value is -2.60. The monoisotopic (exact) mass is 378 g/mol. The van der Waals surface area contributed by atoms with Crippen LogP contribution in [-0.2, 0) is 0 Å². The van der Waals surface area contributed by atoms with Crippen LogP contribution in [-0.4, -0.2) is 38.5 Å². The van der Waals surface area contributed by atoms with E-state index < -0.39 is 0 Å². The molecule has 5 nitrogen and oxygen atoms in total. The van der Waals surface area contributed by atoms with Gasteiger partial charge in [0.25, 0.3) is 5.91 Å². The van der Waals surface area contributed by atoms with Gasteiger partial charge in [-0.2, -0.15) is 0 Å². The van der Waals surface area contributed by atoms with E-state index in [2.05, 4.69) is 46.0 Å². The van der Waals surface area contributed by atoms with E-state index in [0.717, 1.165) is 30.8 Å². The highest BCUT2D eigenvalue weighted by atomic mass is 32.1. The van der Waals surface area contributed by atoms with Crippen molar-refractivity contribution in [3.05, 3.63) is 64.4 Å². The van der Waals surface area contributed by atoms with Gasteiger partial charge in [0.05, 0.1) is 5.69 Å². The van der Waals surface area contributed by atoms with Crippen LogP contribution in [0.15, 0.2) is 42.5 Å². The largest absolute Gasteiger partial charge is 0.337 e. The van der Waals surface area contributed by atoms with Crippen LogP contribution in [0, 0.1) is 13.8 Å². The van der Waals surface area contributed by atoms with Crippen molar-refractivity contribution < 1.29 is 4.79 Å². The van der Waals surface area contributed by atoms with E-state index in [-0.39, 0.29) is 11.8 Å². The molecule has 3 heterocycles. The maximum absolute atomic E-state index is 12.8. The van der Waals surface area contributed by atoms with Crippen molar-refractivity contribution >= 4 is 17.4 Å². The maximum Gasteiger partial charge on any atom is 0.267 e. The van der Waals surface area contributed by atoms with E-state index in [4.69, 9.17) is 4.98 Å². The average Bonchev–Trinajstić information content (AvgIpc) is 3.13. The van der Waals surface area contributed by atoms with Crippen LogP contribution < -0.4 is 0 Å². The van der Waals surface area contributed by atoms with Crippen LogP contribution >= 0.6 is 11.5 Å². The number of piperidine rings is 1. The number of aryl methyl sites for hydroxylation is 2. The lowest BCUT2D eigenvalue weighted by atomic mass is 9.92. The number of amides is 1. The van der Waals surface area contributed by atoms with Crippen molar-refractivity contribution in [1.29, 1.82) is 0 Å². The van der Waals surface area contributed by atoms with Gasteiger partial charge in [-0.25, -0.2) is 0 Å². The molecule has 1 saturated heterocycles. The summed E-state index contributed by atoms with van der Waals surface area (Å²) in [6, 6.07) is 14.7. The highest BCUT2D eigenvalue weighted by Crippen LogP contribution is 2.30. The summed E-state index contributed by atoms with van der Waals surface area (Å²) in [4.78, 5) is 20.2. The lowest BCUT2D eigenvalue weighted by Crippen LogP contribution is -2.39. The summed E-state index contributed by atoms with van der Waals surface area (Å²) in [5.41, 5.74) is 5.18. The Kier molecular flexibility index (Phi) is 4.99. The third-order valence-electron chi connectivity index (χ3n) is 5.05. The van der Waals surface area contributed by atoms with Gasteiger partial charge in [-0.05, 0) is 61.5 Å². The van der Waals surface area contributed by atoms with Crippen molar-refractivity contribution in [2.24, 2.45) is 0 Å². The molecule has 0 bridgehead atoms. The van der Waals surface area contributed by atoms with Gasteiger partial charge in [0, 0.05) is 30.4 Å². The lowest BCUT2D eigenvalue weighted by Gasteiger charge is -2.32. The van der Waals surface area contributed by atoms with E-state index in [1.807, 2.05) is 24.8 Å². The number of pyridine rings is 1. The molecule has 0 N–H and O–H groups in total. The van der Waals surface area contributed by atoms with Gasteiger partial charge in [-0.15, -0.1) is 5.10 Å². The molecule has 138 valence electrons. The first-order valence-corrected chi connectivity index (χ1v) is 10.0. The van der Waals surface area contributed by atoms with E-state index in [1.54, 1.807) is 0 Å². The molecule has 6 heteroatoms. The van der Waals surface area contributed by atoms with Crippen molar-refractivity contribution in [3.63, 3.8) is 0 Å². The second kappa shape index (κ2) is 7.56. The zero-order valence-electron chi connectivity index (χ0n) is 15.6. The standard InChI is InChI=1S/C21H22N4OS/c1-14-11-18(16-7-4-3-5-8-16)12-19(22-14)17-9-6-10-25(13-17)21(26)20-15(2)23-24-27-20/h3-5,7-8,11-12,17H,6,9-10,13H2,1-2H3/t17-/m0/s1. The molecule has 1 aromatic carbocycles. The van der Waals surface area contributed by atoms with E-state index in [0.29, 0.717) is 17.1 Å². The third-order valence-corrected chi connectivity index (χ3v) is 5.87. The van der Waals surface area contributed by atoms with E-state index >= 15 is 0 Å². The molecule has 27 heavy (non-hydrogen) atoms. The first-order chi connectivity index (χ1) is 13.1. The predicted molar refractivity (Wildman–Crippen MR) is 107 cm³/mol. The molecule has 3 aromatic rings. The molecular weight excluding hydrogens is 356 g/mol. The fourth-order valence-electron chi connectivity index (χ4n) is 3.67. The summed E-state index contributed by atoms with van der Waals surface area (Å²) >= 11 is 1.18. The summed E-state index contributed by atoms with van der Waals surface area (Å²) in [6.07, 6.45) is 2.03. The second-order valence-electron chi connectivity index (χ2n) is 7.07. The topological polar surface area (TPSA) is 59.0 Å². The minimum absolute atomic E-state index is 0.0446. The van der Waals surface area contributed by atoms with Crippen LogP contribution in [0.4, 0.5) is 0 Å². The van der Waals surface area contributed by atoms with Crippen LogP contribution in [0.25, 0.3) is 11.1 Å². The molecule has 0 spiro atoms.